The van der Waals surface area contributed by atoms with Crippen LogP contribution in [0.15, 0.2) is 48.5 Å². The van der Waals surface area contributed by atoms with Crippen molar-refractivity contribution in [3.63, 3.8) is 0 Å². The zero-order chi connectivity index (χ0) is 22.3. The lowest BCUT2D eigenvalue weighted by Crippen LogP contribution is -2.24. The first-order chi connectivity index (χ1) is 15.7. The van der Waals surface area contributed by atoms with Crippen LogP contribution in [0.4, 0.5) is 0 Å². The summed E-state index contributed by atoms with van der Waals surface area (Å²) in [5, 5.41) is 0. The zero-order valence-corrected chi connectivity index (χ0v) is 19.4. The summed E-state index contributed by atoms with van der Waals surface area (Å²) in [5.41, 5.74) is 3.35. The molecule has 0 aliphatic carbocycles. The standard InChI is InChI=1S/C27H35N3O2/c1-3-4-5-6-7-10-17-30-25-12-9-8-11-24(25)28-27(30)22-18-26(31)29(20-22)19-21-13-15-23(32-2)16-14-21/h8-9,11-16,22H,3-7,10,17-20H2,1-2H3. The van der Waals surface area contributed by atoms with Crippen LogP contribution < -0.4 is 4.74 Å². The maximum atomic E-state index is 12.8. The maximum absolute atomic E-state index is 12.8. The van der Waals surface area contributed by atoms with Crippen LogP contribution >= 0.6 is 0 Å². The highest BCUT2D eigenvalue weighted by atomic mass is 16.5. The number of aryl methyl sites for hydroxylation is 1. The number of unbranched alkanes of at least 4 members (excludes halogenated alkanes) is 5. The van der Waals surface area contributed by atoms with E-state index in [2.05, 4.69) is 29.7 Å². The Hall–Kier alpha value is -2.82. The molecule has 0 N–H and O–H groups in total. The number of para-hydroxylation sites is 2. The Morgan fingerprint density at radius 2 is 1.75 bits per heavy atom. The molecule has 1 fully saturated rings. The highest BCUT2D eigenvalue weighted by Crippen LogP contribution is 2.31. The van der Waals surface area contributed by atoms with Gasteiger partial charge in [0, 0.05) is 32.0 Å². The van der Waals surface area contributed by atoms with Crippen molar-refractivity contribution >= 4 is 16.9 Å². The van der Waals surface area contributed by atoms with Crippen molar-refractivity contribution in [3.05, 3.63) is 59.9 Å². The largest absolute Gasteiger partial charge is 0.497 e. The smallest absolute Gasteiger partial charge is 0.223 e. The van der Waals surface area contributed by atoms with Crippen LogP contribution in [0, 0.1) is 0 Å². The van der Waals surface area contributed by atoms with Crippen LogP contribution in [0.2, 0.25) is 0 Å². The summed E-state index contributed by atoms with van der Waals surface area (Å²) in [7, 11) is 1.67. The van der Waals surface area contributed by atoms with E-state index in [4.69, 9.17) is 9.72 Å². The van der Waals surface area contributed by atoms with E-state index >= 15 is 0 Å². The molecule has 1 amide bonds. The number of imidazole rings is 1. The summed E-state index contributed by atoms with van der Waals surface area (Å²) in [6, 6.07) is 16.4. The lowest BCUT2D eigenvalue weighted by atomic mass is 10.1. The normalized spacial score (nSPS) is 16.2. The molecule has 0 saturated carbocycles. The number of carbonyl (C=O) groups excluding carboxylic acids is 1. The first kappa shape index (κ1) is 22.4. The summed E-state index contributed by atoms with van der Waals surface area (Å²) in [4.78, 5) is 19.8. The topological polar surface area (TPSA) is 47.4 Å². The minimum Gasteiger partial charge on any atom is -0.497 e. The molecule has 32 heavy (non-hydrogen) atoms. The highest BCUT2D eigenvalue weighted by molar-refractivity contribution is 5.81. The predicted molar refractivity (Wildman–Crippen MR) is 129 cm³/mol. The van der Waals surface area contributed by atoms with Gasteiger partial charge in [0.25, 0.3) is 0 Å². The van der Waals surface area contributed by atoms with E-state index in [1.165, 1.54) is 37.6 Å². The van der Waals surface area contributed by atoms with E-state index in [0.717, 1.165) is 42.2 Å². The van der Waals surface area contributed by atoms with Gasteiger partial charge in [-0.15, -0.1) is 0 Å². The fraction of sp³-hybridized carbons (Fsp3) is 0.481. The van der Waals surface area contributed by atoms with Crippen LogP contribution in [0.25, 0.3) is 11.0 Å². The summed E-state index contributed by atoms with van der Waals surface area (Å²) in [6.45, 7) is 4.59. The Kier molecular flexibility index (Phi) is 7.46. The molecule has 0 radical (unpaired) electrons. The first-order valence-corrected chi connectivity index (χ1v) is 12.1. The monoisotopic (exact) mass is 433 g/mol. The number of fused-ring (bicyclic) bond motifs is 1. The Labute approximate surface area is 191 Å². The van der Waals surface area contributed by atoms with Gasteiger partial charge in [-0.2, -0.15) is 0 Å². The van der Waals surface area contributed by atoms with Crippen molar-refractivity contribution in [2.75, 3.05) is 13.7 Å². The van der Waals surface area contributed by atoms with Gasteiger partial charge in [0.05, 0.1) is 18.1 Å². The van der Waals surface area contributed by atoms with Gasteiger partial charge < -0.3 is 14.2 Å². The second-order valence-electron chi connectivity index (χ2n) is 8.90. The van der Waals surface area contributed by atoms with Crippen molar-refractivity contribution in [1.29, 1.82) is 0 Å². The fourth-order valence-corrected chi connectivity index (χ4v) is 4.74. The summed E-state index contributed by atoms with van der Waals surface area (Å²) in [5.74, 6) is 2.27. The molecule has 2 heterocycles. The highest BCUT2D eigenvalue weighted by Gasteiger charge is 2.33. The van der Waals surface area contributed by atoms with Gasteiger partial charge in [-0.25, -0.2) is 4.98 Å². The van der Waals surface area contributed by atoms with Gasteiger partial charge in [0.2, 0.25) is 5.91 Å². The van der Waals surface area contributed by atoms with Gasteiger partial charge in [-0.3, -0.25) is 4.79 Å². The van der Waals surface area contributed by atoms with E-state index in [0.29, 0.717) is 13.0 Å². The number of aromatic nitrogens is 2. The van der Waals surface area contributed by atoms with E-state index in [1.807, 2.05) is 35.2 Å². The molecular weight excluding hydrogens is 398 g/mol. The van der Waals surface area contributed by atoms with E-state index in [-0.39, 0.29) is 11.8 Å². The fourth-order valence-electron chi connectivity index (χ4n) is 4.74. The van der Waals surface area contributed by atoms with Gasteiger partial charge in [-0.1, -0.05) is 63.3 Å². The third-order valence-electron chi connectivity index (χ3n) is 6.53. The molecule has 170 valence electrons. The van der Waals surface area contributed by atoms with Crippen molar-refractivity contribution in [2.45, 2.75) is 70.9 Å². The molecule has 0 spiro atoms. The Morgan fingerprint density at radius 3 is 2.53 bits per heavy atom. The molecule has 1 unspecified atom stereocenters. The summed E-state index contributed by atoms with van der Waals surface area (Å²) < 4.78 is 7.62. The van der Waals surface area contributed by atoms with Crippen LogP contribution in [0.3, 0.4) is 0 Å². The molecule has 1 aromatic heterocycles. The molecule has 3 aromatic rings. The van der Waals surface area contributed by atoms with Gasteiger partial charge in [0.1, 0.15) is 11.6 Å². The van der Waals surface area contributed by atoms with Crippen molar-refractivity contribution in [2.24, 2.45) is 0 Å². The second kappa shape index (κ2) is 10.7. The maximum Gasteiger partial charge on any atom is 0.223 e. The number of hydrogen-bond acceptors (Lipinski definition) is 3. The molecule has 1 atom stereocenters. The molecule has 4 rings (SSSR count). The predicted octanol–water partition coefficient (Wildman–Crippen LogP) is 5.92. The molecule has 1 aliphatic rings. The number of rotatable bonds is 11. The SMILES string of the molecule is CCCCCCCCn1c(C2CC(=O)N(Cc3ccc(OC)cc3)C2)nc2ccccc21. The Balaban J connectivity index is 1.46. The van der Waals surface area contributed by atoms with Gasteiger partial charge in [-0.05, 0) is 36.2 Å². The van der Waals surface area contributed by atoms with E-state index in [9.17, 15) is 4.79 Å². The number of methoxy groups -OCH3 is 1. The quantitative estimate of drug-likeness (QED) is 0.353. The molecule has 0 bridgehead atoms. The lowest BCUT2D eigenvalue weighted by molar-refractivity contribution is -0.128. The van der Waals surface area contributed by atoms with Crippen molar-refractivity contribution in [1.82, 2.24) is 14.5 Å². The number of nitrogens with zero attached hydrogens (tertiary/aromatic N) is 3. The van der Waals surface area contributed by atoms with Crippen LogP contribution in [0.1, 0.15) is 69.2 Å². The number of amides is 1. The lowest BCUT2D eigenvalue weighted by Gasteiger charge is -2.18. The van der Waals surface area contributed by atoms with Crippen LogP contribution in [0.5, 0.6) is 5.75 Å². The third kappa shape index (κ3) is 5.14. The number of carbonyl (C=O) groups is 1. The average molecular weight is 434 g/mol. The summed E-state index contributed by atoms with van der Waals surface area (Å²) >= 11 is 0. The van der Waals surface area contributed by atoms with Crippen LogP contribution in [-0.4, -0.2) is 34.0 Å². The zero-order valence-electron chi connectivity index (χ0n) is 19.4. The second-order valence-corrected chi connectivity index (χ2v) is 8.90. The van der Waals surface area contributed by atoms with Gasteiger partial charge >= 0.3 is 0 Å². The Morgan fingerprint density at radius 1 is 1.00 bits per heavy atom. The minimum absolute atomic E-state index is 0.147. The average Bonchev–Trinajstić information content (AvgIpc) is 3.37. The van der Waals surface area contributed by atoms with E-state index < -0.39 is 0 Å². The molecule has 1 saturated heterocycles. The van der Waals surface area contributed by atoms with E-state index in [1.54, 1.807) is 7.11 Å². The summed E-state index contributed by atoms with van der Waals surface area (Å²) in [6.07, 6.45) is 8.17. The third-order valence-corrected chi connectivity index (χ3v) is 6.53. The first-order valence-electron chi connectivity index (χ1n) is 12.1. The number of hydrogen-bond donors (Lipinski definition) is 0. The number of ether oxygens (including phenoxy) is 1. The molecule has 5 heteroatoms. The number of likely N-dealkylation sites (tertiary alicyclic amines) is 1. The van der Waals surface area contributed by atoms with Crippen LogP contribution in [-0.2, 0) is 17.9 Å². The Bertz CT molecular complexity index is 1030. The number of benzene rings is 2. The molecule has 1 aliphatic heterocycles. The van der Waals surface area contributed by atoms with Crippen molar-refractivity contribution in [3.8, 4) is 5.75 Å². The van der Waals surface area contributed by atoms with Gasteiger partial charge in [0.15, 0.2) is 0 Å². The molecular formula is C27H35N3O2. The van der Waals surface area contributed by atoms with Crippen molar-refractivity contribution < 1.29 is 9.53 Å². The molecule has 5 nitrogen and oxygen atoms in total. The minimum atomic E-state index is 0.147. The molecule has 2 aromatic carbocycles.